The minimum absolute atomic E-state index is 0.546. The summed E-state index contributed by atoms with van der Waals surface area (Å²) >= 11 is 0. The van der Waals surface area contributed by atoms with Gasteiger partial charge in [0.25, 0.3) is 0 Å². The van der Waals surface area contributed by atoms with Crippen LogP contribution in [0.4, 0.5) is 0 Å². The van der Waals surface area contributed by atoms with Gasteiger partial charge in [-0.2, -0.15) is 0 Å². The molecule has 0 spiro atoms. The molecule has 0 bridgehead atoms. The molecular formula is C14H10N2O. The van der Waals surface area contributed by atoms with Gasteiger partial charge in [-0.3, -0.25) is 4.98 Å². The molecule has 3 heteroatoms. The SMILES string of the molecule is c1ccc(-c2cccnc2-c2ncco2)cc1. The molecule has 0 unspecified atom stereocenters. The van der Waals surface area contributed by atoms with Gasteiger partial charge in [-0.25, -0.2) is 4.98 Å². The lowest BCUT2D eigenvalue weighted by Crippen LogP contribution is -1.88. The molecule has 1 aromatic carbocycles. The van der Waals surface area contributed by atoms with Crippen LogP contribution in [0.15, 0.2) is 65.5 Å². The Morgan fingerprint density at radius 1 is 0.824 bits per heavy atom. The summed E-state index contributed by atoms with van der Waals surface area (Å²) in [6.45, 7) is 0. The van der Waals surface area contributed by atoms with E-state index in [0.29, 0.717) is 5.89 Å². The van der Waals surface area contributed by atoms with Gasteiger partial charge in [0.15, 0.2) is 0 Å². The third-order valence-corrected chi connectivity index (χ3v) is 2.53. The van der Waals surface area contributed by atoms with Crippen LogP contribution in [0.5, 0.6) is 0 Å². The van der Waals surface area contributed by atoms with E-state index in [1.54, 1.807) is 18.7 Å². The first kappa shape index (κ1) is 9.78. The molecule has 0 aliphatic rings. The lowest BCUT2D eigenvalue weighted by Gasteiger charge is -2.05. The maximum absolute atomic E-state index is 5.31. The van der Waals surface area contributed by atoms with Crippen LogP contribution in [0.3, 0.4) is 0 Å². The molecule has 0 fully saturated rings. The maximum Gasteiger partial charge on any atom is 0.245 e. The number of oxazole rings is 1. The van der Waals surface area contributed by atoms with Crippen LogP contribution >= 0.6 is 0 Å². The summed E-state index contributed by atoms with van der Waals surface area (Å²) in [5.74, 6) is 0.546. The fourth-order valence-electron chi connectivity index (χ4n) is 1.77. The van der Waals surface area contributed by atoms with Gasteiger partial charge in [0, 0.05) is 11.8 Å². The third-order valence-electron chi connectivity index (χ3n) is 2.53. The van der Waals surface area contributed by atoms with E-state index in [2.05, 4.69) is 9.97 Å². The molecule has 3 nitrogen and oxygen atoms in total. The zero-order chi connectivity index (χ0) is 11.5. The number of pyridine rings is 1. The van der Waals surface area contributed by atoms with Crippen molar-refractivity contribution in [1.82, 2.24) is 9.97 Å². The monoisotopic (exact) mass is 222 g/mol. The molecule has 0 atom stereocenters. The molecule has 2 aromatic heterocycles. The molecule has 0 saturated carbocycles. The molecule has 0 N–H and O–H groups in total. The Morgan fingerprint density at radius 3 is 2.47 bits per heavy atom. The van der Waals surface area contributed by atoms with Gasteiger partial charge in [0.2, 0.25) is 5.89 Å². The maximum atomic E-state index is 5.31. The number of hydrogen-bond acceptors (Lipinski definition) is 3. The number of nitrogens with zero attached hydrogens (tertiary/aromatic N) is 2. The van der Waals surface area contributed by atoms with Gasteiger partial charge in [-0.1, -0.05) is 36.4 Å². The number of aromatic nitrogens is 2. The topological polar surface area (TPSA) is 38.9 Å². The van der Waals surface area contributed by atoms with Crippen molar-refractivity contribution in [2.45, 2.75) is 0 Å². The van der Waals surface area contributed by atoms with E-state index in [1.807, 2.05) is 42.5 Å². The summed E-state index contributed by atoms with van der Waals surface area (Å²) in [6, 6.07) is 14.0. The van der Waals surface area contributed by atoms with Crippen molar-refractivity contribution in [2.75, 3.05) is 0 Å². The molecule has 3 aromatic rings. The van der Waals surface area contributed by atoms with Crippen molar-refractivity contribution in [2.24, 2.45) is 0 Å². The summed E-state index contributed by atoms with van der Waals surface area (Å²) in [4.78, 5) is 8.48. The molecule has 0 aliphatic heterocycles. The lowest BCUT2D eigenvalue weighted by atomic mass is 10.0. The minimum atomic E-state index is 0.546. The van der Waals surface area contributed by atoms with E-state index in [4.69, 9.17) is 4.42 Å². The van der Waals surface area contributed by atoms with Crippen molar-refractivity contribution < 1.29 is 4.42 Å². The predicted molar refractivity (Wildman–Crippen MR) is 65.2 cm³/mol. The molecule has 17 heavy (non-hydrogen) atoms. The van der Waals surface area contributed by atoms with E-state index in [-0.39, 0.29) is 0 Å². The largest absolute Gasteiger partial charge is 0.443 e. The van der Waals surface area contributed by atoms with Gasteiger partial charge in [0.05, 0.1) is 6.20 Å². The normalized spacial score (nSPS) is 10.4. The first-order chi connectivity index (χ1) is 8.45. The smallest absolute Gasteiger partial charge is 0.245 e. The summed E-state index contributed by atoms with van der Waals surface area (Å²) < 4.78 is 5.31. The van der Waals surface area contributed by atoms with Gasteiger partial charge in [0.1, 0.15) is 12.0 Å². The van der Waals surface area contributed by atoms with E-state index < -0.39 is 0 Å². The standard InChI is InChI=1S/C14H10N2O/c1-2-5-11(6-3-1)12-7-4-8-15-13(12)14-16-9-10-17-14/h1-10H. The van der Waals surface area contributed by atoms with E-state index in [9.17, 15) is 0 Å². The average Bonchev–Trinajstić information content (AvgIpc) is 2.94. The van der Waals surface area contributed by atoms with Crippen LogP contribution in [0.2, 0.25) is 0 Å². The zero-order valence-corrected chi connectivity index (χ0v) is 9.08. The Kier molecular flexibility index (Phi) is 2.43. The molecule has 0 amide bonds. The van der Waals surface area contributed by atoms with Crippen molar-refractivity contribution in [1.29, 1.82) is 0 Å². The van der Waals surface area contributed by atoms with Crippen molar-refractivity contribution in [3.05, 3.63) is 61.1 Å². The van der Waals surface area contributed by atoms with Gasteiger partial charge >= 0.3 is 0 Å². The predicted octanol–water partition coefficient (Wildman–Crippen LogP) is 3.40. The van der Waals surface area contributed by atoms with Crippen LogP contribution in [0.1, 0.15) is 0 Å². The lowest BCUT2D eigenvalue weighted by molar-refractivity contribution is 0.572. The molecular weight excluding hydrogens is 212 g/mol. The first-order valence-corrected chi connectivity index (χ1v) is 5.35. The van der Waals surface area contributed by atoms with E-state index >= 15 is 0 Å². The number of benzene rings is 1. The minimum Gasteiger partial charge on any atom is -0.443 e. The third kappa shape index (κ3) is 1.83. The first-order valence-electron chi connectivity index (χ1n) is 5.35. The van der Waals surface area contributed by atoms with Crippen molar-refractivity contribution in [3.63, 3.8) is 0 Å². The van der Waals surface area contributed by atoms with Crippen LogP contribution in [0.25, 0.3) is 22.7 Å². The van der Waals surface area contributed by atoms with Crippen molar-refractivity contribution in [3.8, 4) is 22.7 Å². The summed E-state index contributed by atoms with van der Waals surface area (Å²) in [5, 5.41) is 0. The summed E-state index contributed by atoms with van der Waals surface area (Å²) in [6.07, 6.45) is 4.92. The Morgan fingerprint density at radius 2 is 1.71 bits per heavy atom. The highest BCUT2D eigenvalue weighted by Crippen LogP contribution is 2.28. The second-order valence-corrected chi connectivity index (χ2v) is 3.60. The fourth-order valence-corrected chi connectivity index (χ4v) is 1.77. The Balaban J connectivity index is 2.18. The van der Waals surface area contributed by atoms with Crippen molar-refractivity contribution >= 4 is 0 Å². The number of hydrogen-bond donors (Lipinski definition) is 0. The highest BCUT2D eigenvalue weighted by Gasteiger charge is 2.11. The highest BCUT2D eigenvalue weighted by molar-refractivity contribution is 5.76. The van der Waals surface area contributed by atoms with Crippen LogP contribution < -0.4 is 0 Å². The molecule has 3 rings (SSSR count). The molecule has 0 saturated heterocycles. The Labute approximate surface area is 98.8 Å². The van der Waals surface area contributed by atoms with Gasteiger partial charge in [-0.15, -0.1) is 0 Å². The van der Waals surface area contributed by atoms with E-state index in [0.717, 1.165) is 16.8 Å². The zero-order valence-electron chi connectivity index (χ0n) is 9.08. The van der Waals surface area contributed by atoms with Crippen LogP contribution in [0, 0.1) is 0 Å². The fraction of sp³-hybridized carbons (Fsp3) is 0. The molecule has 0 aliphatic carbocycles. The summed E-state index contributed by atoms with van der Waals surface area (Å²) in [7, 11) is 0. The Hall–Kier alpha value is -2.42. The number of rotatable bonds is 2. The second kappa shape index (κ2) is 4.22. The second-order valence-electron chi connectivity index (χ2n) is 3.60. The van der Waals surface area contributed by atoms with Crippen LogP contribution in [-0.4, -0.2) is 9.97 Å². The quantitative estimate of drug-likeness (QED) is 0.667. The summed E-state index contributed by atoms with van der Waals surface area (Å²) in [5.41, 5.74) is 2.90. The Bertz CT molecular complexity index is 603. The average molecular weight is 222 g/mol. The highest BCUT2D eigenvalue weighted by atomic mass is 16.3. The molecule has 82 valence electrons. The van der Waals surface area contributed by atoms with E-state index in [1.165, 1.54) is 0 Å². The van der Waals surface area contributed by atoms with Gasteiger partial charge in [-0.05, 0) is 11.6 Å². The van der Waals surface area contributed by atoms with Gasteiger partial charge < -0.3 is 4.42 Å². The van der Waals surface area contributed by atoms with Crippen LogP contribution in [-0.2, 0) is 0 Å². The molecule has 0 radical (unpaired) electrons. The molecule has 2 heterocycles.